The number of hydrogen-bond donors (Lipinski definition) is 1. The van der Waals surface area contributed by atoms with E-state index in [9.17, 15) is 4.79 Å². The molecule has 3 rings (SSSR count). The van der Waals surface area contributed by atoms with E-state index in [0.717, 1.165) is 10.9 Å². The van der Waals surface area contributed by atoms with Gasteiger partial charge < -0.3 is 9.52 Å². The summed E-state index contributed by atoms with van der Waals surface area (Å²) in [7, 11) is 0. The van der Waals surface area contributed by atoms with Crippen molar-refractivity contribution in [3.8, 4) is 11.6 Å². The average Bonchev–Trinajstić information content (AvgIpc) is 2.80. The van der Waals surface area contributed by atoms with Gasteiger partial charge >= 0.3 is 5.97 Å². The normalized spacial score (nSPS) is 10.8. The number of hydrogen-bond acceptors (Lipinski definition) is 4. The molecular weight excluding hydrogens is 244 g/mol. The molecule has 2 aromatic heterocycles. The summed E-state index contributed by atoms with van der Waals surface area (Å²) in [5.41, 5.74) is 1.26. The second-order valence-electron chi connectivity index (χ2n) is 4.12. The van der Waals surface area contributed by atoms with Crippen LogP contribution in [0, 0.1) is 6.92 Å². The van der Waals surface area contributed by atoms with Crippen LogP contribution in [0.3, 0.4) is 0 Å². The number of nitrogens with zero attached hydrogens (tertiary/aromatic N) is 2. The standard InChI is InChI=1S/C14H10N2O3/c1-8-12(14(17)18)16-13(19-8)11-7-6-9-4-2-3-5-10(9)15-11/h2-7H,1H3,(H,17,18). The van der Waals surface area contributed by atoms with Crippen LogP contribution in [0.1, 0.15) is 16.2 Å². The van der Waals surface area contributed by atoms with E-state index in [2.05, 4.69) is 9.97 Å². The second kappa shape index (κ2) is 4.20. The molecule has 0 saturated heterocycles. The Labute approximate surface area is 108 Å². The number of carboxylic acids is 1. The molecule has 5 nitrogen and oxygen atoms in total. The summed E-state index contributed by atoms with van der Waals surface area (Å²) in [5.74, 6) is -0.605. The third-order valence-corrected chi connectivity index (χ3v) is 2.82. The van der Waals surface area contributed by atoms with Crippen LogP contribution in [0.15, 0.2) is 40.8 Å². The molecule has 0 fully saturated rings. The van der Waals surface area contributed by atoms with Crippen molar-refractivity contribution in [2.75, 3.05) is 0 Å². The van der Waals surface area contributed by atoms with Gasteiger partial charge in [-0.1, -0.05) is 24.3 Å². The zero-order chi connectivity index (χ0) is 13.4. The van der Waals surface area contributed by atoms with E-state index < -0.39 is 5.97 Å². The Morgan fingerprint density at radius 2 is 1.95 bits per heavy atom. The van der Waals surface area contributed by atoms with Crippen LogP contribution >= 0.6 is 0 Å². The Balaban J connectivity index is 2.13. The van der Waals surface area contributed by atoms with Crippen molar-refractivity contribution >= 4 is 16.9 Å². The number of aryl methyl sites for hydroxylation is 1. The number of para-hydroxylation sites is 1. The van der Waals surface area contributed by atoms with Crippen molar-refractivity contribution in [3.63, 3.8) is 0 Å². The molecule has 0 atom stereocenters. The predicted octanol–water partition coefficient (Wildman–Crippen LogP) is 2.90. The van der Waals surface area contributed by atoms with E-state index in [1.165, 1.54) is 0 Å². The Morgan fingerprint density at radius 1 is 1.16 bits per heavy atom. The quantitative estimate of drug-likeness (QED) is 0.760. The molecule has 1 N–H and O–H groups in total. The molecule has 0 saturated carbocycles. The van der Waals surface area contributed by atoms with Crippen molar-refractivity contribution in [3.05, 3.63) is 47.9 Å². The van der Waals surface area contributed by atoms with Crippen molar-refractivity contribution in [2.45, 2.75) is 6.92 Å². The molecule has 2 heterocycles. The summed E-state index contributed by atoms with van der Waals surface area (Å²) < 4.78 is 5.36. The van der Waals surface area contributed by atoms with Gasteiger partial charge in [0.2, 0.25) is 5.89 Å². The van der Waals surface area contributed by atoms with Crippen LogP contribution in [-0.4, -0.2) is 21.0 Å². The summed E-state index contributed by atoms with van der Waals surface area (Å²) in [6.45, 7) is 1.57. The van der Waals surface area contributed by atoms with E-state index in [1.807, 2.05) is 30.3 Å². The minimum Gasteiger partial charge on any atom is -0.476 e. The highest BCUT2D eigenvalue weighted by Crippen LogP contribution is 2.22. The van der Waals surface area contributed by atoms with E-state index in [-0.39, 0.29) is 17.3 Å². The number of carboxylic acid groups (broad SMARTS) is 1. The van der Waals surface area contributed by atoms with Crippen molar-refractivity contribution in [2.24, 2.45) is 0 Å². The highest BCUT2D eigenvalue weighted by molar-refractivity contribution is 5.87. The van der Waals surface area contributed by atoms with E-state index in [4.69, 9.17) is 9.52 Å². The number of pyridine rings is 1. The number of fused-ring (bicyclic) bond motifs is 1. The minimum atomic E-state index is -1.10. The van der Waals surface area contributed by atoms with Gasteiger partial charge in [-0.05, 0) is 19.1 Å². The van der Waals surface area contributed by atoms with E-state index in [1.54, 1.807) is 13.0 Å². The number of oxazole rings is 1. The predicted molar refractivity (Wildman–Crippen MR) is 68.9 cm³/mol. The SMILES string of the molecule is Cc1oc(-c2ccc3ccccc3n2)nc1C(=O)O. The van der Waals surface area contributed by atoms with Gasteiger partial charge in [0.15, 0.2) is 5.69 Å². The zero-order valence-corrected chi connectivity index (χ0v) is 10.1. The van der Waals surface area contributed by atoms with E-state index in [0.29, 0.717) is 5.69 Å². The zero-order valence-electron chi connectivity index (χ0n) is 10.1. The van der Waals surface area contributed by atoms with Gasteiger partial charge in [0.05, 0.1) is 5.52 Å². The maximum Gasteiger partial charge on any atom is 0.358 e. The monoisotopic (exact) mass is 254 g/mol. The first kappa shape index (κ1) is 11.4. The Morgan fingerprint density at radius 3 is 2.68 bits per heavy atom. The largest absolute Gasteiger partial charge is 0.476 e. The fourth-order valence-corrected chi connectivity index (χ4v) is 1.89. The van der Waals surface area contributed by atoms with Crippen LogP contribution in [0.5, 0.6) is 0 Å². The molecule has 5 heteroatoms. The lowest BCUT2D eigenvalue weighted by atomic mass is 10.2. The molecule has 0 bridgehead atoms. The van der Waals surface area contributed by atoms with Gasteiger partial charge in [0.25, 0.3) is 0 Å². The molecule has 0 aliphatic heterocycles. The summed E-state index contributed by atoms with van der Waals surface area (Å²) >= 11 is 0. The summed E-state index contributed by atoms with van der Waals surface area (Å²) in [6.07, 6.45) is 0. The first-order valence-corrected chi connectivity index (χ1v) is 5.72. The topological polar surface area (TPSA) is 76.2 Å². The molecule has 19 heavy (non-hydrogen) atoms. The van der Waals surface area contributed by atoms with Crippen LogP contribution in [-0.2, 0) is 0 Å². The molecule has 0 unspecified atom stereocenters. The summed E-state index contributed by atoms with van der Waals surface area (Å²) in [6, 6.07) is 11.3. The lowest BCUT2D eigenvalue weighted by Crippen LogP contribution is -1.98. The maximum atomic E-state index is 10.9. The first-order valence-electron chi connectivity index (χ1n) is 5.72. The molecule has 94 valence electrons. The Bertz CT molecular complexity index is 777. The van der Waals surface area contributed by atoms with Crippen molar-refractivity contribution in [1.29, 1.82) is 0 Å². The fourth-order valence-electron chi connectivity index (χ4n) is 1.89. The number of aromatic nitrogens is 2. The van der Waals surface area contributed by atoms with Crippen molar-refractivity contribution in [1.82, 2.24) is 9.97 Å². The second-order valence-corrected chi connectivity index (χ2v) is 4.12. The number of aromatic carboxylic acids is 1. The van der Waals surface area contributed by atoms with E-state index >= 15 is 0 Å². The molecule has 0 spiro atoms. The van der Waals surface area contributed by atoms with Crippen LogP contribution in [0.25, 0.3) is 22.5 Å². The van der Waals surface area contributed by atoms with Gasteiger partial charge in [0.1, 0.15) is 11.5 Å². The molecule has 0 aliphatic carbocycles. The third-order valence-electron chi connectivity index (χ3n) is 2.82. The number of carbonyl (C=O) groups is 1. The van der Waals surface area contributed by atoms with Crippen molar-refractivity contribution < 1.29 is 14.3 Å². The van der Waals surface area contributed by atoms with Gasteiger partial charge in [-0.25, -0.2) is 14.8 Å². The molecule has 0 radical (unpaired) electrons. The maximum absolute atomic E-state index is 10.9. The molecule has 0 amide bonds. The van der Waals surface area contributed by atoms with Gasteiger partial charge in [-0.2, -0.15) is 0 Å². The smallest absolute Gasteiger partial charge is 0.358 e. The van der Waals surface area contributed by atoms with Gasteiger partial charge in [-0.3, -0.25) is 0 Å². The average molecular weight is 254 g/mol. The first-order chi connectivity index (χ1) is 9.15. The van der Waals surface area contributed by atoms with Gasteiger partial charge in [0, 0.05) is 5.39 Å². The fraction of sp³-hybridized carbons (Fsp3) is 0.0714. The lowest BCUT2D eigenvalue weighted by molar-refractivity contribution is 0.0689. The minimum absolute atomic E-state index is 0.0787. The summed E-state index contributed by atoms with van der Waals surface area (Å²) in [5, 5.41) is 9.96. The van der Waals surface area contributed by atoms with Crippen LogP contribution in [0.4, 0.5) is 0 Å². The van der Waals surface area contributed by atoms with Gasteiger partial charge in [-0.15, -0.1) is 0 Å². The number of rotatable bonds is 2. The molecular formula is C14H10N2O3. The Kier molecular flexibility index (Phi) is 2.52. The van der Waals surface area contributed by atoms with Crippen LogP contribution < -0.4 is 0 Å². The highest BCUT2D eigenvalue weighted by atomic mass is 16.4. The molecule has 3 aromatic rings. The molecule has 0 aliphatic rings. The molecule has 1 aromatic carbocycles. The van der Waals surface area contributed by atoms with Crippen LogP contribution in [0.2, 0.25) is 0 Å². The summed E-state index contributed by atoms with van der Waals surface area (Å²) in [4.78, 5) is 19.3. The lowest BCUT2D eigenvalue weighted by Gasteiger charge is -1.98. The number of benzene rings is 1. The third kappa shape index (κ3) is 1.95. The highest BCUT2D eigenvalue weighted by Gasteiger charge is 2.17. The Hall–Kier alpha value is -2.69.